The number of carbonyl (C=O) groups excluding carboxylic acids is 1. The summed E-state index contributed by atoms with van der Waals surface area (Å²) in [5, 5.41) is 18.8. The number of carbonyl (C=O) groups is 1. The number of phenols is 2. The molecule has 3 heteroatoms. The first-order valence-electron chi connectivity index (χ1n) is 6.16. The van der Waals surface area contributed by atoms with E-state index < -0.39 is 0 Å². The predicted molar refractivity (Wildman–Crippen MR) is 67.4 cm³/mol. The van der Waals surface area contributed by atoms with Crippen molar-refractivity contribution in [3.05, 3.63) is 23.8 Å². The van der Waals surface area contributed by atoms with Crippen LogP contribution in [0.4, 0.5) is 0 Å². The number of rotatable bonds is 6. The smallest absolute Gasteiger partial charge is 0.169 e. The van der Waals surface area contributed by atoms with E-state index in [1.807, 2.05) is 6.92 Å². The molecule has 0 saturated heterocycles. The Morgan fingerprint density at radius 2 is 2.00 bits per heavy atom. The summed E-state index contributed by atoms with van der Waals surface area (Å²) in [6, 6.07) is 4.13. The van der Waals surface area contributed by atoms with Crippen molar-refractivity contribution in [3.8, 4) is 11.5 Å². The summed E-state index contributed by atoms with van der Waals surface area (Å²) in [7, 11) is 0. The van der Waals surface area contributed by atoms with Crippen LogP contribution in [-0.4, -0.2) is 16.0 Å². The molecule has 0 aliphatic heterocycles. The van der Waals surface area contributed by atoms with Gasteiger partial charge in [0.2, 0.25) is 0 Å². The largest absolute Gasteiger partial charge is 0.508 e. The van der Waals surface area contributed by atoms with E-state index in [0.717, 1.165) is 25.7 Å². The highest BCUT2D eigenvalue weighted by Gasteiger charge is 2.20. The Labute approximate surface area is 102 Å². The summed E-state index contributed by atoms with van der Waals surface area (Å²) in [4.78, 5) is 12.2. The summed E-state index contributed by atoms with van der Waals surface area (Å²) in [6.45, 7) is 4.07. The quantitative estimate of drug-likeness (QED) is 0.743. The summed E-state index contributed by atoms with van der Waals surface area (Å²) in [5.74, 6) is -0.227. The number of unbranched alkanes of at least 4 members (excludes halogenated alkanes) is 1. The average Bonchev–Trinajstić information content (AvgIpc) is 2.29. The fourth-order valence-electron chi connectivity index (χ4n) is 1.92. The Balaban J connectivity index is 2.86. The first-order chi connectivity index (χ1) is 8.10. The monoisotopic (exact) mass is 236 g/mol. The summed E-state index contributed by atoms with van der Waals surface area (Å²) in [5.41, 5.74) is 0.311. The molecule has 3 nitrogen and oxygen atoms in total. The lowest BCUT2D eigenvalue weighted by Gasteiger charge is -2.14. The molecular formula is C14H20O3. The van der Waals surface area contributed by atoms with E-state index in [9.17, 15) is 15.0 Å². The van der Waals surface area contributed by atoms with Gasteiger partial charge in [-0.05, 0) is 25.0 Å². The van der Waals surface area contributed by atoms with Crippen molar-refractivity contribution in [1.82, 2.24) is 0 Å². The van der Waals surface area contributed by atoms with Crippen LogP contribution in [0.25, 0.3) is 0 Å². The maximum Gasteiger partial charge on any atom is 0.169 e. The van der Waals surface area contributed by atoms with Gasteiger partial charge in [0.1, 0.15) is 11.5 Å². The third-order valence-electron chi connectivity index (χ3n) is 3.02. The van der Waals surface area contributed by atoms with Gasteiger partial charge in [-0.1, -0.05) is 26.7 Å². The van der Waals surface area contributed by atoms with Crippen LogP contribution in [0.2, 0.25) is 0 Å². The van der Waals surface area contributed by atoms with E-state index in [1.165, 1.54) is 18.2 Å². The number of hydrogen-bond donors (Lipinski definition) is 2. The molecule has 2 N–H and O–H groups in total. The lowest BCUT2D eigenvalue weighted by atomic mass is 9.90. The molecule has 94 valence electrons. The molecule has 17 heavy (non-hydrogen) atoms. The van der Waals surface area contributed by atoms with Crippen LogP contribution in [-0.2, 0) is 0 Å². The third kappa shape index (κ3) is 3.48. The topological polar surface area (TPSA) is 57.5 Å². The van der Waals surface area contributed by atoms with Gasteiger partial charge in [0.15, 0.2) is 5.78 Å². The molecule has 0 saturated carbocycles. The van der Waals surface area contributed by atoms with Crippen molar-refractivity contribution in [2.75, 3.05) is 0 Å². The molecule has 0 spiro atoms. The first-order valence-corrected chi connectivity index (χ1v) is 6.16. The molecule has 0 fully saturated rings. The Bertz CT molecular complexity index is 385. The van der Waals surface area contributed by atoms with Crippen molar-refractivity contribution in [2.45, 2.75) is 39.5 Å². The Hall–Kier alpha value is -1.51. The van der Waals surface area contributed by atoms with Gasteiger partial charge in [0.25, 0.3) is 0 Å². The molecule has 0 aliphatic carbocycles. The zero-order valence-corrected chi connectivity index (χ0v) is 10.4. The lowest BCUT2D eigenvalue weighted by molar-refractivity contribution is 0.0905. The molecule has 1 unspecified atom stereocenters. The molecule has 1 atom stereocenters. The first kappa shape index (κ1) is 13.6. The zero-order chi connectivity index (χ0) is 12.8. The number of phenolic OH excluding ortho intramolecular Hbond substituents is 2. The summed E-state index contributed by atoms with van der Waals surface area (Å²) in [6.07, 6.45) is 3.71. The minimum absolute atomic E-state index is 0.0272. The fraction of sp³-hybridized carbons (Fsp3) is 0.500. The normalized spacial score (nSPS) is 12.4. The van der Waals surface area contributed by atoms with Gasteiger partial charge in [0, 0.05) is 12.0 Å². The van der Waals surface area contributed by atoms with Crippen molar-refractivity contribution in [3.63, 3.8) is 0 Å². The van der Waals surface area contributed by atoms with Crippen LogP contribution in [0, 0.1) is 5.92 Å². The van der Waals surface area contributed by atoms with E-state index in [2.05, 4.69) is 6.92 Å². The molecule has 0 heterocycles. The Morgan fingerprint density at radius 3 is 2.53 bits per heavy atom. The summed E-state index contributed by atoms with van der Waals surface area (Å²) >= 11 is 0. The number of aromatic hydroxyl groups is 2. The number of hydrogen-bond acceptors (Lipinski definition) is 3. The highest BCUT2D eigenvalue weighted by Crippen LogP contribution is 2.27. The van der Waals surface area contributed by atoms with Crippen molar-refractivity contribution >= 4 is 5.78 Å². The van der Waals surface area contributed by atoms with Crippen molar-refractivity contribution in [2.24, 2.45) is 5.92 Å². The minimum Gasteiger partial charge on any atom is -0.508 e. The maximum atomic E-state index is 12.2. The van der Waals surface area contributed by atoms with Crippen LogP contribution >= 0.6 is 0 Å². The van der Waals surface area contributed by atoms with E-state index in [0.29, 0.717) is 5.56 Å². The molecule has 0 bridgehead atoms. The van der Waals surface area contributed by atoms with Gasteiger partial charge in [0.05, 0.1) is 5.56 Å². The van der Waals surface area contributed by atoms with Gasteiger partial charge in [-0.2, -0.15) is 0 Å². The molecule has 1 aromatic carbocycles. The minimum atomic E-state index is -0.134. The van der Waals surface area contributed by atoms with Gasteiger partial charge in [-0.15, -0.1) is 0 Å². The molecule has 0 aromatic heterocycles. The number of benzene rings is 1. The Morgan fingerprint density at radius 1 is 1.29 bits per heavy atom. The molecular weight excluding hydrogens is 216 g/mol. The van der Waals surface area contributed by atoms with Crippen LogP contribution in [0.15, 0.2) is 18.2 Å². The van der Waals surface area contributed by atoms with Gasteiger partial charge in [-0.25, -0.2) is 0 Å². The second-order valence-electron chi connectivity index (χ2n) is 4.31. The van der Waals surface area contributed by atoms with Crippen molar-refractivity contribution < 1.29 is 15.0 Å². The standard InChI is InChI=1S/C14H20O3/c1-3-5-6-10(4-2)14(17)12-8-7-11(15)9-13(12)16/h7-10,15-16H,3-6H2,1-2H3. The molecule has 0 amide bonds. The van der Waals surface area contributed by atoms with Gasteiger partial charge < -0.3 is 10.2 Å². The molecule has 1 aromatic rings. The fourth-order valence-corrected chi connectivity index (χ4v) is 1.92. The third-order valence-corrected chi connectivity index (χ3v) is 3.02. The van der Waals surface area contributed by atoms with E-state index in [1.54, 1.807) is 0 Å². The lowest BCUT2D eigenvalue weighted by Crippen LogP contribution is -2.14. The van der Waals surface area contributed by atoms with Crippen LogP contribution in [0.1, 0.15) is 49.9 Å². The number of ketones is 1. The SMILES string of the molecule is CCCCC(CC)C(=O)c1ccc(O)cc1O. The van der Waals surface area contributed by atoms with Crippen LogP contribution in [0.3, 0.4) is 0 Å². The van der Waals surface area contributed by atoms with Crippen molar-refractivity contribution in [1.29, 1.82) is 0 Å². The second-order valence-corrected chi connectivity index (χ2v) is 4.31. The van der Waals surface area contributed by atoms with Crippen LogP contribution in [0.5, 0.6) is 11.5 Å². The second kappa shape index (κ2) is 6.28. The Kier molecular flexibility index (Phi) is 5.01. The number of Topliss-reactive ketones (excluding diaryl/α,β-unsaturated/α-hetero) is 1. The van der Waals surface area contributed by atoms with Crippen LogP contribution < -0.4 is 0 Å². The van der Waals surface area contributed by atoms with E-state index in [4.69, 9.17) is 0 Å². The average molecular weight is 236 g/mol. The summed E-state index contributed by atoms with van der Waals surface area (Å²) < 4.78 is 0. The molecule has 0 radical (unpaired) electrons. The molecule has 1 rings (SSSR count). The zero-order valence-electron chi connectivity index (χ0n) is 10.4. The molecule has 0 aliphatic rings. The van der Waals surface area contributed by atoms with E-state index in [-0.39, 0.29) is 23.2 Å². The maximum absolute atomic E-state index is 12.2. The predicted octanol–water partition coefficient (Wildman–Crippen LogP) is 3.50. The highest BCUT2D eigenvalue weighted by atomic mass is 16.3. The van der Waals surface area contributed by atoms with Gasteiger partial charge >= 0.3 is 0 Å². The van der Waals surface area contributed by atoms with Gasteiger partial charge in [-0.3, -0.25) is 4.79 Å². The highest BCUT2D eigenvalue weighted by molar-refractivity contribution is 6.00. The van der Waals surface area contributed by atoms with E-state index >= 15 is 0 Å².